The molecule has 1 N–H and O–H groups in total. The van der Waals surface area contributed by atoms with Gasteiger partial charge in [0.1, 0.15) is 0 Å². The van der Waals surface area contributed by atoms with Crippen molar-refractivity contribution in [2.24, 2.45) is 7.05 Å². The van der Waals surface area contributed by atoms with E-state index >= 15 is 0 Å². The van der Waals surface area contributed by atoms with Crippen molar-refractivity contribution in [3.8, 4) is 0 Å². The Morgan fingerprint density at radius 2 is 2.06 bits per heavy atom. The molecule has 1 aromatic heterocycles. The number of aryl methyl sites for hydroxylation is 3. The van der Waals surface area contributed by atoms with Crippen molar-refractivity contribution >= 4 is 0 Å². The number of benzene rings is 1. The molecule has 0 spiro atoms. The lowest BCUT2D eigenvalue weighted by Crippen LogP contribution is -2.19. The average Bonchev–Trinajstić information content (AvgIpc) is 2.65. The molecule has 0 radical (unpaired) electrons. The maximum Gasteiger partial charge on any atom is 0.0597 e. The monoisotopic (exact) mass is 243 g/mol. The molecular formula is C15H21N3. The average molecular weight is 243 g/mol. The molecule has 0 aliphatic carbocycles. The Morgan fingerprint density at radius 1 is 1.28 bits per heavy atom. The lowest BCUT2D eigenvalue weighted by molar-refractivity contribution is 0.548. The second-order valence-electron chi connectivity index (χ2n) is 4.92. The molecular weight excluding hydrogens is 222 g/mol. The first kappa shape index (κ1) is 12.8. The number of hydrogen-bond donors (Lipinski definition) is 1. The van der Waals surface area contributed by atoms with E-state index < -0.39 is 0 Å². The first-order valence-corrected chi connectivity index (χ1v) is 6.35. The molecule has 3 heteroatoms. The molecule has 96 valence electrons. The summed E-state index contributed by atoms with van der Waals surface area (Å²) in [5, 5.41) is 7.89. The Bertz CT molecular complexity index is 528. The maximum absolute atomic E-state index is 4.35. The lowest BCUT2D eigenvalue weighted by atomic mass is 10.1. The number of aromatic nitrogens is 2. The van der Waals surface area contributed by atoms with Crippen molar-refractivity contribution in [3.05, 3.63) is 52.8 Å². The first-order chi connectivity index (χ1) is 8.56. The van der Waals surface area contributed by atoms with Gasteiger partial charge in [-0.05, 0) is 32.4 Å². The third kappa shape index (κ3) is 2.99. The highest BCUT2D eigenvalue weighted by Gasteiger charge is 2.07. The van der Waals surface area contributed by atoms with Crippen LogP contribution in [0.5, 0.6) is 0 Å². The molecule has 3 nitrogen and oxygen atoms in total. The molecule has 0 unspecified atom stereocenters. The third-order valence-electron chi connectivity index (χ3n) is 3.23. The van der Waals surface area contributed by atoms with Crippen LogP contribution in [0.25, 0.3) is 0 Å². The van der Waals surface area contributed by atoms with Crippen molar-refractivity contribution in [1.82, 2.24) is 15.1 Å². The fraction of sp³-hybridized carbons (Fsp3) is 0.400. The van der Waals surface area contributed by atoms with E-state index in [9.17, 15) is 0 Å². The minimum absolute atomic E-state index is 0.347. The number of nitrogens with zero attached hydrogens (tertiary/aromatic N) is 2. The van der Waals surface area contributed by atoms with Gasteiger partial charge in [-0.1, -0.05) is 29.8 Å². The normalized spacial score (nSPS) is 12.7. The van der Waals surface area contributed by atoms with Crippen LogP contribution in [0, 0.1) is 13.8 Å². The number of hydrogen-bond acceptors (Lipinski definition) is 2. The zero-order chi connectivity index (χ0) is 13.1. The molecule has 2 rings (SSSR count). The standard InChI is InChI=1S/C15H21N3/c1-11-6-5-7-14(8-11)13(3)16-10-15-9-12(2)17-18(15)4/h5-9,13,16H,10H2,1-4H3/t13-/m0/s1. The van der Waals surface area contributed by atoms with E-state index in [2.05, 4.69) is 54.6 Å². The van der Waals surface area contributed by atoms with Crippen molar-refractivity contribution < 1.29 is 0 Å². The second kappa shape index (κ2) is 5.36. The van der Waals surface area contributed by atoms with Crippen LogP contribution >= 0.6 is 0 Å². The van der Waals surface area contributed by atoms with Crippen molar-refractivity contribution in [2.75, 3.05) is 0 Å². The smallest absolute Gasteiger partial charge is 0.0597 e. The van der Waals surface area contributed by atoms with E-state index in [0.29, 0.717) is 6.04 Å². The fourth-order valence-electron chi connectivity index (χ4n) is 2.14. The predicted molar refractivity (Wildman–Crippen MR) is 74.4 cm³/mol. The SMILES string of the molecule is Cc1cccc([C@H](C)NCc2cc(C)nn2C)c1. The van der Waals surface area contributed by atoms with Gasteiger partial charge in [-0.25, -0.2) is 0 Å². The van der Waals surface area contributed by atoms with Crippen LogP contribution in [0.4, 0.5) is 0 Å². The molecule has 0 saturated carbocycles. The van der Waals surface area contributed by atoms with Gasteiger partial charge in [-0.2, -0.15) is 5.10 Å². The van der Waals surface area contributed by atoms with E-state index in [1.54, 1.807) is 0 Å². The van der Waals surface area contributed by atoms with Gasteiger partial charge in [-0.3, -0.25) is 4.68 Å². The largest absolute Gasteiger partial charge is 0.305 e. The van der Waals surface area contributed by atoms with Gasteiger partial charge >= 0.3 is 0 Å². The summed E-state index contributed by atoms with van der Waals surface area (Å²) in [6.45, 7) is 7.18. The highest BCUT2D eigenvalue weighted by atomic mass is 15.3. The zero-order valence-corrected chi connectivity index (χ0v) is 11.6. The minimum atomic E-state index is 0.347. The van der Waals surface area contributed by atoms with E-state index in [1.807, 2.05) is 18.7 Å². The van der Waals surface area contributed by atoms with Gasteiger partial charge < -0.3 is 5.32 Å². The van der Waals surface area contributed by atoms with Crippen molar-refractivity contribution in [3.63, 3.8) is 0 Å². The molecule has 0 bridgehead atoms. The van der Waals surface area contributed by atoms with Crippen LogP contribution in [0.1, 0.15) is 35.5 Å². The molecule has 2 aromatic rings. The lowest BCUT2D eigenvalue weighted by Gasteiger charge is -2.14. The topological polar surface area (TPSA) is 29.9 Å². The number of rotatable bonds is 4. The highest BCUT2D eigenvalue weighted by molar-refractivity contribution is 5.24. The van der Waals surface area contributed by atoms with Crippen molar-refractivity contribution in [2.45, 2.75) is 33.4 Å². The Hall–Kier alpha value is -1.61. The summed E-state index contributed by atoms with van der Waals surface area (Å²) in [7, 11) is 1.99. The zero-order valence-electron chi connectivity index (χ0n) is 11.6. The quantitative estimate of drug-likeness (QED) is 0.895. The van der Waals surface area contributed by atoms with E-state index in [4.69, 9.17) is 0 Å². The Kier molecular flexibility index (Phi) is 3.82. The van der Waals surface area contributed by atoms with Gasteiger partial charge in [0.15, 0.2) is 0 Å². The fourth-order valence-corrected chi connectivity index (χ4v) is 2.14. The molecule has 0 amide bonds. The molecule has 18 heavy (non-hydrogen) atoms. The highest BCUT2D eigenvalue weighted by Crippen LogP contribution is 2.14. The summed E-state index contributed by atoms with van der Waals surface area (Å²) in [6, 6.07) is 11.1. The summed E-state index contributed by atoms with van der Waals surface area (Å²) in [6.07, 6.45) is 0. The van der Waals surface area contributed by atoms with Crippen LogP contribution in [0.2, 0.25) is 0 Å². The molecule has 0 fully saturated rings. The summed E-state index contributed by atoms with van der Waals surface area (Å²) >= 11 is 0. The first-order valence-electron chi connectivity index (χ1n) is 6.35. The Balaban J connectivity index is 2.00. The van der Waals surface area contributed by atoms with Crippen LogP contribution in [0.3, 0.4) is 0 Å². The molecule has 0 aliphatic rings. The predicted octanol–water partition coefficient (Wildman–Crippen LogP) is 2.89. The van der Waals surface area contributed by atoms with Crippen LogP contribution in [-0.4, -0.2) is 9.78 Å². The second-order valence-corrected chi connectivity index (χ2v) is 4.92. The van der Waals surface area contributed by atoms with Gasteiger partial charge in [-0.15, -0.1) is 0 Å². The minimum Gasteiger partial charge on any atom is -0.305 e. The van der Waals surface area contributed by atoms with E-state index in [-0.39, 0.29) is 0 Å². The summed E-state index contributed by atoms with van der Waals surface area (Å²) in [5.74, 6) is 0. The number of nitrogens with one attached hydrogen (secondary N) is 1. The Labute approximate surface area is 109 Å². The van der Waals surface area contributed by atoms with Gasteiger partial charge in [0, 0.05) is 19.6 Å². The molecule has 1 heterocycles. The van der Waals surface area contributed by atoms with Crippen LogP contribution in [-0.2, 0) is 13.6 Å². The van der Waals surface area contributed by atoms with Gasteiger partial charge in [0.25, 0.3) is 0 Å². The summed E-state index contributed by atoms with van der Waals surface area (Å²) in [5.41, 5.74) is 4.91. The summed E-state index contributed by atoms with van der Waals surface area (Å²) in [4.78, 5) is 0. The third-order valence-corrected chi connectivity index (χ3v) is 3.23. The Morgan fingerprint density at radius 3 is 2.67 bits per heavy atom. The van der Waals surface area contributed by atoms with E-state index in [1.165, 1.54) is 16.8 Å². The van der Waals surface area contributed by atoms with Crippen molar-refractivity contribution in [1.29, 1.82) is 0 Å². The molecule has 1 atom stereocenters. The molecule has 0 aliphatic heterocycles. The molecule has 0 saturated heterocycles. The molecule has 1 aromatic carbocycles. The maximum atomic E-state index is 4.35. The van der Waals surface area contributed by atoms with Gasteiger partial charge in [0.2, 0.25) is 0 Å². The van der Waals surface area contributed by atoms with Crippen LogP contribution in [0.15, 0.2) is 30.3 Å². The van der Waals surface area contributed by atoms with Crippen LogP contribution < -0.4 is 5.32 Å². The summed E-state index contributed by atoms with van der Waals surface area (Å²) < 4.78 is 1.94. The van der Waals surface area contributed by atoms with E-state index in [0.717, 1.165) is 12.2 Å². The van der Waals surface area contributed by atoms with Gasteiger partial charge in [0.05, 0.1) is 11.4 Å².